The van der Waals surface area contributed by atoms with Crippen LogP contribution in [0, 0.1) is 10.1 Å². The van der Waals surface area contributed by atoms with Crippen molar-refractivity contribution >= 4 is 17.9 Å². The summed E-state index contributed by atoms with van der Waals surface area (Å²) in [4.78, 5) is 36.5. The summed E-state index contributed by atoms with van der Waals surface area (Å²) >= 11 is 0. The molecule has 1 aromatic heterocycles. The summed E-state index contributed by atoms with van der Waals surface area (Å²) in [5.41, 5.74) is 0. The molecule has 2 amide bonds. The summed E-state index contributed by atoms with van der Waals surface area (Å²) in [7, 11) is 0. The number of nitrogens with zero attached hydrogens (tertiary/aromatic N) is 3. The Morgan fingerprint density at radius 3 is 2.43 bits per heavy atom. The molecule has 0 N–H and O–H groups in total. The minimum Gasteiger partial charge on any atom is -0.450 e. The van der Waals surface area contributed by atoms with E-state index in [4.69, 9.17) is 9.15 Å². The van der Waals surface area contributed by atoms with Crippen LogP contribution < -0.4 is 0 Å². The van der Waals surface area contributed by atoms with Crippen molar-refractivity contribution < 1.29 is 23.7 Å². The largest absolute Gasteiger partial charge is 0.450 e. The molecule has 0 bridgehead atoms. The minimum atomic E-state index is -0.699. The molecule has 0 saturated carbocycles. The third-order valence-electron chi connectivity index (χ3n) is 3.08. The zero-order valence-electron chi connectivity index (χ0n) is 11.5. The van der Waals surface area contributed by atoms with Crippen LogP contribution in [0.3, 0.4) is 0 Å². The SMILES string of the molecule is CCOC(=O)N1CCN(C(=O)c2ccc([N+](=O)[O-])o2)CC1. The van der Waals surface area contributed by atoms with Crippen molar-refractivity contribution in [3.63, 3.8) is 0 Å². The second kappa shape index (κ2) is 6.25. The zero-order chi connectivity index (χ0) is 15.4. The van der Waals surface area contributed by atoms with E-state index in [1.165, 1.54) is 15.9 Å². The third kappa shape index (κ3) is 3.30. The first-order valence-electron chi connectivity index (χ1n) is 6.48. The smallest absolute Gasteiger partial charge is 0.433 e. The van der Waals surface area contributed by atoms with Crippen molar-refractivity contribution in [2.24, 2.45) is 0 Å². The molecule has 0 aromatic carbocycles. The van der Waals surface area contributed by atoms with Gasteiger partial charge in [0.15, 0.2) is 5.76 Å². The quantitative estimate of drug-likeness (QED) is 0.611. The van der Waals surface area contributed by atoms with Gasteiger partial charge in [0.1, 0.15) is 4.92 Å². The van der Waals surface area contributed by atoms with Crippen LogP contribution in [-0.4, -0.2) is 59.5 Å². The van der Waals surface area contributed by atoms with Gasteiger partial charge in [0.05, 0.1) is 12.7 Å². The van der Waals surface area contributed by atoms with Gasteiger partial charge in [-0.25, -0.2) is 4.79 Å². The van der Waals surface area contributed by atoms with Gasteiger partial charge in [-0.3, -0.25) is 14.9 Å². The standard InChI is InChI=1S/C12H15N3O6/c1-2-20-12(17)14-7-5-13(6-8-14)11(16)9-3-4-10(21-9)15(18)19/h3-4H,2,5-8H2,1H3. The number of piperazine rings is 1. The number of ether oxygens (including phenoxy) is 1. The highest BCUT2D eigenvalue weighted by atomic mass is 16.6. The molecule has 0 spiro atoms. The molecule has 1 aromatic rings. The highest BCUT2D eigenvalue weighted by Gasteiger charge is 2.28. The van der Waals surface area contributed by atoms with E-state index in [1.807, 2.05) is 0 Å². The Bertz CT molecular complexity index is 547. The first-order valence-corrected chi connectivity index (χ1v) is 6.48. The van der Waals surface area contributed by atoms with Gasteiger partial charge in [-0.2, -0.15) is 0 Å². The maximum atomic E-state index is 12.1. The summed E-state index contributed by atoms with van der Waals surface area (Å²) in [5.74, 6) is -0.971. The van der Waals surface area contributed by atoms with Gasteiger partial charge in [-0.1, -0.05) is 0 Å². The van der Waals surface area contributed by atoms with Gasteiger partial charge in [0.25, 0.3) is 5.91 Å². The topological polar surface area (TPSA) is 106 Å². The normalized spacial score (nSPS) is 14.9. The monoisotopic (exact) mass is 297 g/mol. The summed E-state index contributed by atoms with van der Waals surface area (Å²) in [6.45, 7) is 3.38. The summed E-state index contributed by atoms with van der Waals surface area (Å²) < 4.78 is 9.76. The number of furan rings is 1. The first-order chi connectivity index (χ1) is 10.0. The third-order valence-corrected chi connectivity index (χ3v) is 3.08. The van der Waals surface area contributed by atoms with Crippen LogP contribution >= 0.6 is 0 Å². The van der Waals surface area contributed by atoms with Crippen LogP contribution in [0.25, 0.3) is 0 Å². The lowest BCUT2D eigenvalue weighted by Gasteiger charge is -2.33. The van der Waals surface area contributed by atoms with E-state index < -0.39 is 22.8 Å². The predicted octanol–water partition coefficient (Wildman–Crippen LogP) is 1.10. The highest BCUT2D eigenvalue weighted by Crippen LogP contribution is 2.18. The Balaban J connectivity index is 1.93. The molecule has 0 atom stereocenters. The molecule has 1 aliphatic heterocycles. The van der Waals surface area contributed by atoms with Gasteiger partial charge >= 0.3 is 12.0 Å². The zero-order valence-corrected chi connectivity index (χ0v) is 11.5. The molecular formula is C12H15N3O6. The van der Waals surface area contributed by atoms with Gasteiger partial charge < -0.3 is 19.0 Å². The number of carbonyl (C=O) groups is 2. The van der Waals surface area contributed by atoms with Gasteiger partial charge in [0.2, 0.25) is 0 Å². The van der Waals surface area contributed by atoms with Crippen LogP contribution in [0.15, 0.2) is 16.5 Å². The molecule has 0 unspecified atom stereocenters. The van der Waals surface area contributed by atoms with E-state index in [9.17, 15) is 19.7 Å². The lowest BCUT2D eigenvalue weighted by atomic mass is 10.3. The molecule has 114 valence electrons. The van der Waals surface area contributed by atoms with Crippen LogP contribution in [0.5, 0.6) is 0 Å². The average Bonchev–Trinajstić information content (AvgIpc) is 2.97. The average molecular weight is 297 g/mol. The summed E-state index contributed by atoms with van der Waals surface area (Å²) in [5, 5.41) is 10.5. The molecule has 2 heterocycles. The minimum absolute atomic E-state index is 0.0775. The van der Waals surface area contributed by atoms with Crippen LogP contribution in [0.2, 0.25) is 0 Å². The predicted molar refractivity (Wildman–Crippen MR) is 69.9 cm³/mol. The lowest BCUT2D eigenvalue weighted by Crippen LogP contribution is -2.50. The number of amides is 2. The summed E-state index contributed by atoms with van der Waals surface area (Å²) in [6, 6.07) is 2.42. The molecule has 9 nitrogen and oxygen atoms in total. The van der Waals surface area contributed by atoms with E-state index in [0.717, 1.165) is 6.07 Å². The molecular weight excluding hydrogens is 282 g/mol. The van der Waals surface area contributed by atoms with Crippen molar-refractivity contribution in [1.29, 1.82) is 0 Å². The van der Waals surface area contributed by atoms with E-state index in [0.29, 0.717) is 32.8 Å². The van der Waals surface area contributed by atoms with Crippen LogP contribution in [-0.2, 0) is 4.74 Å². The number of rotatable bonds is 3. The second-order valence-corrected chi connectivity index (χ2v) is 4.37. The Morgan fingerprint density at radius 1 is 1.29 bits per heavy atom. The first kappa shape index (κ1) is 14.8. The fourth-order valence-electron chi connectivity index (χ4n) is 2.00. The van der Waals surface area contributed by atoms with Gasteiger partial charge in [0, 0.05) is 26.2 Å². The van der Waals surface area contributed by atoms with E-state index in [-0.39, 0.29) is 5.76 Å². The van der Waals surface area contributed by atoms with Crippen LogP contribution in [0.1, 0.15) is 17.5 Å². The number of hydrogen-bond acceptors (Lipinski definition) is 6. The van der Waals surface area contributed by atoms with Crippen molar-refractivity contribution in [1.82, 2.24) is 9.80 Å². The molecule has 1 saturated heterocycles. The molecule has 1 fully saturated rings. The van der Waals surface area contributed by atoms with Crippen molar-refractivity contribution in [3.8, 4) is 0 Å². The van der Waals surface area contributed by atoms with Crippen molar-refractivity contribution in [3.05, 3.63) is 28.0 Å². The van der Waals surface area contributed by atoms with Gasteiger partial charge in [-0.05, 0) is 13.0 Å². The van der Waals surface area contributed by atoms with Crippen molar-refractivity contribution in [2.75, 3.05) is 32.8 Å². The van der Waals surface area contributed by atoms with Crippen molar-refractivity contribution in [2.45, 2.75) is 6.92 Å². The Kier molecular flexibility index (Phi) is 4.41. The Hall–Kier alpha value is -2.58. The summed E-state index contributed by atoms with van der Waals surface area (Å²) in [6.07, 6.45) is -0.404. The van der Waals surface area contributed by atoms with Gasteiger partial charge in [-0.15, -0.1) is 0 Å². The van der Waals surface area contributed by atoms with E-state index in [2.05, 4.69) is 0 Å². The molecule has 21 heavy (non-hydrogen) atoms. The molecule has 0 radical (unpaired) electrons. The Labute approximate surface area is 120 Å². The highest BCUT2D eigenvalue weighted by molar-refractivity contribution is 5.92. The second-order valence-electron chi connectivity index (χ2n) is 4.37. The van der Waals surface area contributed by atoms with Crippen LogP contribution in [0.4, 0.5) is 10.7 Å². The maximum absolute atomic E-state index is 12.1. The molecule has 0 aliphatic carbocycles. The number of hydrogen-bond donors (Lipinski definition) is 0. The lowest BCUT2D eigenvalue weighted by molar-refractivity contribution is -0.402. The molecule has 2 rings (SSSR count). The molecule has 9 heteroatoms. The molecule has 1 aliphatic rings. The van der Waals surface area contributed by atoms with E-state index in [1.54, 1.807) is 6.92 Å². The Morgan fingerprint density at radius 2 is 1.90 bits per heavy atom. The fraction of sp³-hybridized carbons (Fsp3) is 0.500. The number of nitro groups is 1. The van der Waals surface area contributed by atoms with E-state index >= 15 is 0 Å². The maximum Gasteiger partial charge on any atom is 0.433 e. The number of carbonyl (C=O) groups excluding carboxylic acids is 2. The fourth-order valence-corrected chi connectivity index (χ4v) is 2.00.